The lowest BCUT2D eigenvalue weighted by atomic mass is 9.82. The molecule has 104 valence electrons. The number of hydrogen-bond donors (Lipinski definition) is 0. The minimum Gasteiger partial charge on any atom is -0.299 e. The first-order valence-electron chi connectivity index (χ1n) is 7.75. The molecule has 1 heterocycles. The Bertz CT molecular complexity index is 382. The maximum absolute atomic E-state index is 12.6. The van der Waals surface area contributed by atoms with Gasteiger partial charge in [-0.05, 0) is 24.5 Å². The largest absolute Gasteiger partial charge is 0.299 e. The molecular formula is C17H25NO. The number of ketones is 1. The molecule has 0 spiro atoms. The van der Waals surface area contributed by atoms with E-state index in [-0.39, 0.29) is 5.92 Å². The Balaban J connectivity index is 1.99. The van der Waals surface area contributed by atoms with Crippen LogP contribution in [0.15, 0.2) is 24.4 Å². The summed E-state index contributed by atoms with van der Waals surface area (Å²) in [6.07, 6.45) is 11.0. The lowest BCUT2D eigenvalue weighted by Gasteiger charge is -2.23. The fourth-order valence-electron chi connectivity index (χ4n) is 3.16. The first-order valence-corrected chi connectivity index (χ1v) is 7.75. The Hall–Kier alpha value is -1.18. The van der Waals surface area contributed by atoms with Crippen LogP contribution in [0.1, 0.15) is 69.9 Å². The smallest absolute Gasteiger partial charge is 0.142 e. The van der Waals surface area contributed by atoms with E-state index < -0.39 is 0 Å². The van der Waals surface area contributed by atoms with Gasteiger partial charge in [-0.15, -0.1) is 0 Å². The van der Waals surface area contributed by atoms with Crippen LogP contribution in [0.4, 0.5) is 0 Å². The second kappa shape index (κ2) is 7.42. The molecule has 2 rings (SSSR count). The van der Waals surface area contributed by atoms with Gasteiger partial charge in [-0.2, -0.15) is 0 Å². The summed E-state index contributed by atoms with van der Waals surface area (Å²) in [6.45, 7) is 2.14. The van der Waals surface area contributed by atoms with E-state index in [1.54, 1.807) is 6.20 Å². The lowest BCUT2D eigenvalue weighted by molar-refractivity contribution is -0.121. The highest BCUT2D eigenvalue weighted by Gasteiger charge is 2.24. The second-order valence-electron chi connectivity index (χ2n) is 5.77. The van der Waals surface area contributed by atoms with Crippen LogP contribution in [0, 0.1) is 5.92 Å². The van der Waals surface area contributed by atoms with Gasteiger partial charge >= 0.3 is 0 Å². The van der Waals surface area contributed by atoms with Gasteiger partial charge in [-0.3, -0.25) is 9.78 Å². The van der Waals surface area contributed by atoms with Crippen LogP contribution in [-0.2, 0) is 4.79 Å². The quantitative estimate of drug-likeness (QED) is 0.752. The van der Waals surface area contributed by atoms with E-state index >= 15 is 0 Å². The Morgan fingerprint density at radius 1 is 1.32 bits per heavy atom. The Morgan fingerprint density at radius 2 is 2.11 bits per heavy atom. The van der Waals surface area contributed by atoms with Crippen LogP contribution in [0.25, 0.3) is 0 Å². The number of carbonyl (C=O) groups is 1. The van der Waals surface area contributed by atoms with E-state index in [1.807, 2.05) is 18.2 Å². The summed E-state index contributed by atoms with van der Waals surface area (Å²) in [5.74, 6) is 1.06. The molecule has 2 heteroatoms. The van der Waals surface area contributed by atoms with E-state index in [4.69, 9.17) is 0 Å². The molecule has 0 aliphatic heterocycles. The van der Waals surface area contributed by atoms with Gasteiger partial charge < -0.3 is 0 Å². The SMILES string of the molecule is CCCC(C(=O)CC1CCCCC1)c1ccccn1. The second-order valence-corrected chi connectivity index (χ2v) is 5.77. The number of nitrogens with zero attached hydrogens (tertiary/aromatic N) is 1. The van der Waals surface area contributed by atoms with Crippen molar-refractivity contribution >= 4 is 5.78 Å². The molecule has 0 radical (unpaired) electrons. The molecule has 0 saturated heterocycles. The molecule has 19 heavy (non-hydrogen) atoms. The summed E-state index contributed by atoms with van der Waals surface area (Å²) in [5.41, 5.74) is 0.963. The monoisotopic (exact) mass is 259 g/mol. The maximum Gasteiger partial charge on any atom is 0.142 e. The molecule has 1 aromatic rings. The van der Waals surface area contributed by atoms with E-state index in [1.165, 1.54) is 32.1 Å². The summed E-state index contributed by atoms with van der Waals surface area (Å²) in [5, 5.41) is 0. The fourth-order valence-corrected chi connectivity index (χ4v) is 3.16. The van der Waals surface area contributed by atoms with Crippen LogP contribution in [0.3, 0.4) is 0 Å². The number of pyridine rings is 1. The van der Waals surface area contributed by atoms with Gasteiger partial charge in [0.2, 0.25) is 0 Å². The van der Waals surface area contributed by atoms with Gasteiger partial charge in [0.05, 0.1) is 11.6 Å². The average Bonchev–Trinajstić information content (AvgIpc) is 2.46. The number of aromatic nitrogens is 1. The van der Waals surface area contributed by atoms with Gasteiger partial charge in [-0.25, -0.2) is 0 Å². The van der Waals surface area contributed by atoms with Crippen molar-refractivity contribution in [3.63, 3.8) is 0 Å². The molecule has 1 saturated carbocycles. The van der Waals surface area contributed by atoms with Crippen LogP contribution in [-0.4, -0.2) is 10.8 Å². The maximum atomic E-state index is 12.6. The van der Waals surface area contributed by atoms with Crippen molar-refractivity contribution in [2.45, 2.75) is 64.2 Å². The molecule has 1 fully saturated rings. The summed E-state index contributed by atoms with van der Waals surface area (Å²) >= 11 is 0. The standard InChI is InChI=1S/C17H25NO/c1-2-8-15(16-11-6-7-12-18-16)17(19)13-14-9-4-3-5-10-14/h6-7,11-12,14-15H,2-5,8-10,13H2,1H3. The van der Waals surface area contributed by atoms with E-state index in [0.29, 0.717) is 11.7 Å². The predicted molar refractivity (Wildman–Crippen MR) is 78.1 cm³/mol. The van der Waals surface area contributed by atoms with Crippen LogP contribution >= 0.6 is 0 Å². The number of hydrogen-bond acceptors (Lipinski definition) is 2. The first kappa shape index (κ1) is 14.2. The Labute approximate surface area is 116 Å². The number of Topliss-reactive ketones (excluding diaryl/α,β-unsaturated/α-hetero) is 1. The molecule has 1 unspecified atom stereocenters. The number of carbonyl (C=O) groups excluding carboxylic acids is 1. The molecule has 0 bridgehead atoms. The number of rotatable bonds is 6. The van der Waals surface area contributed by atoms with E-state index in [2.05, 4.69) is 11.9 Å². The van der Waals surface area contributed by atoms with Gasteiger partial charge in [-0.1, -0.05) is 51.5 Å². The highest BCUT2D eigenvalue weighted by molar-refractivity contribution is 5.85. The molecule has 1 aliphatic carbocycles. The van der Waals surface area contributed by atoms with Crippen molar-refractivity contribution in [2.24, 2.45) is 5.92 Å². The van der Waals surface area contributed by atoms with E-state index in [0.717, 1.165) is 25.0 Å². The van der Waals surface area contributed by atoms with Crippen molar-refractivity contribution in [1.82, 2.24) is 4.98 Å². The average molecular weight is 259 g/mol. The van der Waals surface area contributed by atoms with Crippen molar-refractivity contribution < 1.29 is 4.79 Å². The minimum atomic E-state index is 0.0214. The van der Waals surface area contributed by atoms with Crippen molar-refractivity contribution in [3.8, 4) is 0 Å². The molecule has 1 aromatic heterocycles. The third-order valence-electron chi connectivity index (χ3n) is 4.23. The zero-order valence-electron chi connectivity index (χ0n) is 12.0. The fraction of sp³-hybridized carbons (Fsp3) is 0.647. The van der Waals surface area contributed by atoms with Crippen molar-refractivity contribution in [1.29, 1.82) is 0 Å². The van der Waals surface area contributed by atoms with Crippen LogP contribution < -0.4 is 0 Å². The van der Waals surface area contributed by atoms with Gasteiger partial charge in [0.25, 0.3) is 0 Å². The summed E-state index contributed by atoms with van der Waals surface area (Å²) in [6, 6.07) is 5.90. The Morgan fingerprint density at radius 3 is 2.74 bits per heavy atom. The van der Waals surface area contributed by atoms with Crippen molar-refractivity contribution in [3.05, 3.63) is 30.1 Å². The van der Waals surface area contributed by atoms with Gasteiger partial charge in [0.1, 0.15) is 5.78 Å². The van der Waals surface area contributed by atoms with Gasteiger partial charge in [0.15, 0.2) is 0 Å². The third kappa shape index (κ3) is 4.15. The van der Waals surface area contributed by atoms with Crippen LogP contribution in [0.2, 0.25) is 0 Å². The molecule has 0 N–H and O–H groups in total. The normalized spacial score (nSPS) is 18.2. The molecule has 2 nitrogen and oxygen atoms in total. The zero-order valence-corrected chi connectivity index (χ0v) is 12.0. The summed E-state index contributed by atoms with van der Waals surface area (Å²) in [7, 11) is 0. The molecule has 0 aromatic carbocycles. The molecule has 1 aliphatic rings. The predicted octanol–water partition coefficient (Wildman–Crippen LogP) is 4.50. The summed E-state index contributed by atoms with van der Waals surface area (Å²) < 4.78 is 0. The first-order chi connectivity index (χ1) is 9.31. The third-order valence-corrected chi connectivity index (χ3v) is 4.23. The van der Waals surface area contributed by atoms with Crippen molar-refractivity contribution in [2.75, 3.05) is 0 Å². The minimum absolute atomic E-state index is 0.0214. The Kier molecular flexibility index (Phi) is 5.56. The molecular weight excluding hydrogens is 234 g/mol. The van der Waals surface area contributed by atoms with Gasteiger partial charge in [0, 0.05) is 12.6 Å². The topological polar surface area (TPSA) is 30.0 Å². The highest BCUT2D eigenvalue weighted by Crippen LogP contribution is 2.30. The summed E-state index contributed by atoms with van der Waals surface area (Å²) in [4.78, 5) is 17.0. The molecule has 0 amide bonds. The highest BCUT2D eigenvalue weighted by atomic mass is 16.1. The lowest BCUT2D eigenvalue weighted by Crippen LogP contribution is -2.19. The zero-order chi connectivity index (χ0) is 13.5. The van der Waals surface area contributed by atoms with Crippen LogP contribution in [0.5, 0.6) is 0 Å². The molecule has 1 atom stereocenters. The van der Waals surface area contributed by atoms with E-state index in [9.17, 15) is 4.79 Å².